The molecule has 2 aromatic rings. The molecule has 0 radical (unpaired) electrons. The van der Waals surface area contributed by atoms with Crippen molar-refractivity contribution in [3.8, 4) is 5.75 Å². The molecule has 1 aliphatic carbocycles. The standard InChI is InChI=1S/C16H20N2O2/c1-11-6-14(20-2)7-13(17-11)9-18-8-12-4-3-5-16(19)15(12)10-18/h6-8,10,16,19H,3-5,9H2,1-2H3. The second-order valence-electron chi connectivity index (χ2n) is 5.46. The normalized spacial score (nSPS) is 17.9. The molecule has 0 saturated heterocycles. The highest BCUT2D eigenvalue weighted by Gasteiger charge is 2.19. The average molecular weight is 272 g/mol. The molecule has 0 fully saturated rings. The van der Waals surface area contributed by atoms with Gasteiger partial charge < -0.3 is 14.4 Å². The van der Waals surface area contributed by atoms with Crippen molar-refractivity contribution in [2.24, 2.45) is 0 Å². The molecular weight excluding hydrogens is 252 g/mol. The summed E-state index contributed by atoms with van der Waals surface area (Å²) >= 11 is 0. The zero-order valence-electron chi connectivity index (χ0n) is 12.0. The molecular formula is C16H20N2O2. The van der Waals surface area contributed by atoms with Crippen molar-refractivity contribution in [2.75, 3.05) is 7.11 Å². The van der Waals surface area contributed by atoms with Crippen LogP contribution in [0.5, 0.6) is 5.75 Å². The minimum Gasteiger partial charge on any atom is -0.497 e. The Hall–Kier alpha value is -1.81. The number of nitrogens with zero attached hydrogens (tertiary/aromatic N) is 2. The van der Waals surface area contributed by atoms with Crippen LogP contribution >= 0.6 is 0 Å². The quantitative estimate of drug-likeness (QED) is 0.934. The van der Waals surface area contributed by atoms with Crippen LogP contribution in [0, 0.1) is 6.92 Å². The van der Waals surface area contributed by atoms with E-state index in [1.807, 2.05) is 19.1 Å². The van der Waals surface area contributed by atoms with E-state index in [-0.39, 0.29) is 6.10 Å². The molecule has 4 heteroatoms. The molecule has 0 bridgehead atoms. The maximum atomic E-state index is 10.0. The summed E-state index contributed by atoms with van der Waals surface area (Å²) in [5.41, 5.74) is 4.28. The lowest BCUT2D eigenvalue weighted by Crippen LogP contribution is -2.05. The van der Waals surface area contributed by atoms with E-state index in [4.69, 9.17) is 4.74 Å². The summed E-state index contributed by atoms with van der Waals surface area (Å²) in [6.07, 6.45) is 6.87. The smallest absolute Gasteiger partial charge is 0.122 e. The highest BCUT2D eigenvalue weighted by atomic mass is 16.5. The zero-order valence-corrected chi connectivity index (χ0v) is 12.0. The van der Waals surface area contributed by atoms with Crippen LogP contribution in [0.4, 0.5) is 0 Å². The Balaban J connectivity index is 1.86. The van der Waals surface area contributed by atoms with Gasteiger partial charge in [-0.05, 0) is 31.7 Å². The number of fused-ring (bicyclic) bond motifs is 1. The highest BCUT2D eigenvalue weighted by molar-refractivity contribution is 5.31. The Morgan fingerprint density at radius 2 is 2.25 bits per heavy atom. The summed E-state index contributed by atoms with van der Waals surface area (Å²) < 4.78 is 7.39. The minimum absolute atomic E-state index is 0.306. The van der Waals surface area contributed by atoms with Crippen molar-refractivity contribution >= 4 is 0 Å². The van der Waals surface area contributed by atoms with E-state index in [2.05, 4.69) is 21.9 Å². The van der Waals surface area contributed by atoms with E-state index in [1.54, 1.807) is 7.11 Å². The lowest BCUT2D eigenvalue weighted by Gasteiger charge is -2.16. The molecule has 0 spiro atoms. The van der Waals surface area contributed by atoms with Gasteiger partial charge in [0.15, 0.2) is 0 Å². The molecule has 0 amide bonds. The number of aliphatic hydroxyl groups is 1. The SMILES string of the molecule is COc1cc(C)nc(Cn2cc3c(c2)C(O)CCC3)c1. The molecule has 0 saturated carbocycles. The molecule has 0 aliphatic heterocycles. The van der Waals surface area contributed by atoms with Crippen LogP contribution < -0.4 is 4.74 Å². The van der Waals surface area contributed by atoms with Gasteiger partial charge in [-0.15, -0.1) is 0 Å². The number of aryl methyl sites for hydroxylation is 2. The molecule has 3 rings (SSSR count). The maximum absolute atomic E-state index is 10.0. The van der Waals surface area contributed by atoms with Gasteiger partial charge in [-0.2, -0.15) is 0 Å². The van der Waals surface area contributed by atoms with Gasteiger partial charge >= 0.3 is 0 Å². The molecule has 2 heterocycles. The van der Waals surface area contributed by atoms with Crippen LogP contribution in [0.3, 0.4) is 0 Å². The molecule has 20 heavy (non-hydrogen) atoms. The fraction of sp³-hybridized carbons (Fsp3) is 0.438. The van der Waals surface area contributed by atoms with Crippen LogP contribution in [0.1, 0.15) is 41.5 Å². The Bertz CT molecular complexity index is 619. The Morgan fingerprint density at radius 1 is 1.40 bits per heavy atom. The first-order chi connectivity index (χ1) is 9.65. The largest absolute Gasteiger partial charge is 0.497 e. The number of rotatable bonds is 3. The van der Waals surface area contributed by atoms with Crippen molar-refractivity contribution in [1.82, 2.24) is 9.55 Å². The van der Waals surface area contributed by atoms with E-state index in [9.17, 15) is 5.11 Å². The van der Waals surface area contributed by atoms with E-state index in [0.717, 1.165) is 42.0 Å². The monoisotopic (exact) mass is 272 g/mol. The topological polar surface area (TPSA) is 47.3 Å². The number of aliphatic hydroxyl groups excluding tert-OH is 1. The molecule has 106 valence electrons. The van der Waals surface area contributed by atoms with Crippen LogP contribution in [0.2, 0.25) is 0 Å². The fourth-order valence-corrected chi connectivity index (χ4v) is 2.90. The van der Waals surface area contributed by atoms with Crippen molar-refractivity contribution in [2.45, 2.75) is 38.8 Å². The van der Waals surface area contributed by atoms with E-state index < -0.39 is 0 Å². The van der Waals surface area contributed by atoms with Crippen LogP contribution in [-0.2, 0) is 13.0 Å². The Kier molecular flexibility index (Phi) is 3.49. The Morgan fingerprint density at radius 3 is 3.00 bits per heavy atom. The fourth-order valence-electron chi connectivity index (χ4n) is 2.90. The number of aromatic nitrogens is 2. The number of hydrogen-bond donors (Lipinski definition) is 1. The van der Waals surface area contributed by atoms with E-state index in [0.29, 0.717) is 6.54 Å². The molecule has 1 aliphatic rings. The predicted molar refractivity (Wildman–Crippen MR) is 77.0 cm³/mol. The van der Waals surface area contributed by atoms with Crippen molar-refractivity contribution in [3.05, 3.63) is 47.0 Å². The van der Waals surface area contributed by atoms with E-state index >= 15 is 0 Å². The summed E-state index contributed by atoms with van der Waals surface area (Å²) in [7, 11) is 1.67. The van der Waals surface area contributed by atoms with Gasteiger partial charge in [-0.1, -0.05) is 0 Å². The molecule has 0 aromatic carbocycles. The lowest BCUT2D eigenvalue weighted by molar-refractivity contribution is 0.157. The molecule has 4 nitrogen and oxygen atoms in total. The van der Waals surface area contributed by atoms with Gasteiger partial charge in [0.05, 0.1) is 25.5 Å². The number of methoxy groups -OCH3 is 1. The summed E-state index contributed by atoms with van der Waals surface area (Å²) in [6.45, 7) is 2.67. The third-order valence-corrected chi connectivity index (χ3v) is 3.84. The summed E-state index contributed by atoms with van der Waals surface area (Å²) in [5.74, 6) is 0.837. The summed E-state index contributed by atoms with van der Waals surface area (Å²) in [6, 6.07) is 3.89. The minimum atomic E-state index is -0.306. The number of hydrogen-bond acceptors (Lipinski definition) is 3. The first kappa shape index (κ1) is 13.2. The van der Waals surface area contributed by atoms with Gasteiger partial charge in [0.25, 0.3) is 0 Å². The second-order valence-corrected chi connectivity index (χ2v) is 5.46. The van der Waals surface area contributed by atoms with Gasteiger partial charge in [-0.25, -0.2) is 0 Å². The molecule has 1 N–H and O–H groups in total. The van der Waals surface area contributed by atoms with Crippen molar-refractivity contribution < 1.29 is 9.84 Å². The third kappa shape index (κ3) is 2.56. The summed E-state index contributed by atoms with van der Waals surface area (Å²) in [5, 5.41) is 10.0. The first-order valence-electron chi connectivity index (χ1n) is 7.04. The van der Waals surface area contributed by atoms with Gasteiger partial charge in [0.1, 0.15) is 5.75 Å². The average Bonchev–Trinajstić information content (AvgIpc) is 2.82. The van der Waals surface area contributed by atoms with Crippen molar-refractivity contribution in [1.29, 1.82) is 0 Å². The summed E-state index contributed by atoms with van der Waals surface area (Å²) in [4.78, 5) is 4.54. The zero-order chi connectivity index (χ0) is 14.1. The first-order valence-corrected chi connectivity index (χ1v) is 7.04. The van der Waals surface area contributed by atoms with Gasteiger partial charge in [0.2, 0.25) is 0 Å². The third-order valence-electron chi connectivity index (χ3n) is 3.84. The highest BCUT2D eigenvalue weighted by Crippen LogP contribution is 2.30. The van der Waals surface area contributed by atoms with Gasteiger partial charge in [0, 0.05) is 35.8 Å². The van der Waals surface area contributed by atoms with Crippen LogP contribution in [-0.4, -0.2) is 21.8 Å². The van der Waals surface area contributed by atoms with Gasteiger partial charge in [-0.3, -0.25) is 4.98 Å². The maximum Gasteiger partial charge on any atom is 0.122 e. The van der Waals surface area contributed by atoms with Crippen molar-refractivity contribution in [3.63, 3.8) is 0 Å². The van der Waals surface area contributed by atoms with Crippen LogP contribution in [0.25, 0.3) is 0 Å². The second kappa shape index (κ2) is 5.29. The number of pyridine rings is 1. The lowest BCUT2D eigenvalue weighted by atomic mass is 9.93. The molecule has 1 atom stereocenters. The number of ether oxygens (including phenoxy) is 1. The molecule has 2 aromatic heterocycles. The predicted octanol–water partition coefficient (Wildman–Crippen LogP) is 2.62. The van der Waals surface area contributed by atoms with Crippen LogP contribution in [0.15, 0.2) is 24.5 Å². The van der Waals surface area contributed by atoms with E-state index in [1.165, 1.54) is 5.56 Å². The molecule has 1 unspecified atom stereocenters. The Labute approximate surface area is 119 Å².